The molecule has 6 nitrogen and oxygen atoms in total. The van der Waals surface area contributed by atoms with Crippen LogP contribution in [0.15, 0.2) is 35.1 Å². The lowest BCUT2D eigenvalue weighted by molar-refractivity contribution is 0.793. The zero-order valence-corrected chi connectivity index (χ0v) is 11.1. The Balaban J connectivity index is 2.26. The van der Waals surface area contributed by atoms with Crippen molar-refractivity contribution in [3.05, 3.63) is 35.1 Å². The van der Waals surface area contributed by atoms with Gasteiger partial charge in [0.25, 0.3) is 0 Å². The minimum Gasteiger partial charge on any atom is -0.372 e. The van der Waals surface area contributed by atoms with Crippen LogP contribution in [0.3, 0.4) is 0 Å². The molecule has 18 heavy (non-hydrogen) atoms. The zero-order chi connectivity index (χ0) is 12.5. The van der Waals surface area contributed by atoms with Gasteiger partial charge in [-0.2, -0.15) is 4.68 Å². The fraction of sp³-hybridized carbons (Fsp3) is 0.0909. The van der Waals surface area contributed by atoms with Crippen LogP contribution in [0.5, 0.6) is 0 Å². The van der Waals surface area contributed by atoms with Crippen LogP contribution in [0.4, 0.5) is 5.82 Å². The van der Waals surface area contributed by atoms with Gasteiger partial charge in [0.15, 0.2) is 5.82 Å². The molecule has 7 heteroatoms. The largest absolute Gasteiger partial charge is 0.372 e. The number of rotatable bonds is 2. The highest BCUT2D eigenvalue weighted by molar-refractivity contribution is 9.10. The van der Waals surface area contributed by atoms with Crippen molar-refractivity contribution < 1.29 is 0 Å². The van der Waals surface area contributed by atoms with Gasteiger partial charge in [-0.15, -0.1) is 5.10 Å². The van der Waals surface area contributed by atoms with Gasteiger partial charge in [-0.1, -0.05) is 17.3 Å². The van der Waals surface area contributed by atoms with Crippen molar-refractivity contribution in [1.29, 1.82) is 0 Å². The molecular formula is C11H9BrN6. The van der Waals surface area contributed by atoms with Crippen LogP contribution in [0.25, 0.3) is 16.9 Å². The standard InChI is InChI=1S/C11H9BrN6/c1-13-10-9(12)11(15-6-14-10)18-8-5-3-2-4-7(8)16-17-18/h2-6H,1H3,(H,13,14,15). The quantitative estimate of drug-likeness (QED) is 0.784. The number of fused-ring (bicyclic) bond motifs is 1. The first-order chi connectivity index (χ1) is 8.81. The lowest BCUT2D eigenvalue weighted by Gasteiger charge is -2.07. The van der Waals surface area contributed by atoms with Crippen LogP contribution in [0.2, 0.25) is 0 Å². The van der Waals surface area contributed by atoms with Gasteiger partial charge in [0.2, 0.25) is 0 Å². The van der Waals surface area contributed by atoms with E-state index in [-0.39, 0.29) is 0 Å². The van der Waals surface area contributed by atoms with Gasteiger partial charge in [0, 0.05) is 7.05 Å². The Morgan fingerprint density at radius 1 is 1.22 bits per heavy atom. The number of halogens is 1. The molecule has 0 unspecified atom stereocenters. The van der Waals surface area contributed by atoms with E-state index in [2.05, 4.69) is 41.5 Å². The minimum absolute atomic E-state index is 0.656. The number of para-hydroxylation sites is 1. The summed E-state index contributed by atoms with van der Waals surface area (Å²) in [6, 6.07) is 7.72. The van der Waals surface area contributed by atoms with Crippen LogP contribution in [0.1, 0.15) is 0 Å². The Morgan fingerprint density at radius 2 is 2.06 bits per heavy atom. The van der Waals surface area contributed by atoms with E-state index < -0.39 is 0 Å². The van der Waals surface area contributed by atoms with E-state index >= 15 is 0 Å². The third-order valence-corrected chi connectivity index (χ3v) is 3.29. The molecule has 1 N–H and O–H groups in total. The first kappa shape index (κ1) is 11.1. The molecule has 0 saturated heterocycles. The molecule has 0 aliphatic rings. The summed E-state index contributed by atoms with van der Waals surface area (Å²) in [4.78, 5) is 8.36. The minimum atomic E-state index is 0.656. The van der Waals surface area contributed by atoms with E-state index in [1.165, 1.54) is 6.33 Å². The molecule has 1 aromatic carbocycles. The predicted molar refractivity (Wildman–Crippen MR) is 71.7 cm³/mol. The number of nitrogens with one attached hydrogen (secondary N) is 1. The van der Waals surface area contributed by atoms with E-state index in [9.17, 15) is 0 Å². The van der Waals surface area contributed by atoms with Crippen molar-refractivity contribution in [3.8, 4) is 5.82 Å². The molecule has 0 spiro atoms. The van der Waals surface area contributed by atoms with Crippen molar-refractivity contribution >= 4 is 32.8 Å². The summed E-state index contributed by atoms with van der Waals surface area (Å²) < 4.78 is 2.44. The van der Waals surface area contributed by atoms with Crippen molar-refractivity contribution in [1.82, 2.24) is 25.0 Å². The Kier molecular flexibility index (Phi) is 2.67. The summed E-state index contributed by atoms with van der Waals surface area (Å²) in [5.74, 6) is 1.36. The molecule has 0 fully saturated rings. The number of hydrogen-bond acceptors (Lipinski definition) is 5. The van der Waals surface area contributed by atoms with E-state index in [1.54, 1.807) is 11.7 Å². The van der Waals surface area contributed by atoms with E-state index in [0.29, 0.717) is 11.6 Å². The summed E-state index contributed by atoms with van der Waals surface area (Å²) in [7, 11) is 1.80. The molecule has 0 aliphatic carbocycles. The van der Waals surface area contributed by atoms with Crippen molar-refractivity contribution in [2.75, 3.05) is 12.4 Å². The van der Waals surface area contributed by atoms with Gasteiger partial charge in [-0.3, -0.25) is 0 Å². The second-order valence-corrected chi connectivity index (χ2v) is 4.39. The van der Waals surface area contributed by atoms with Crippen molar-refractivity contribution in [2.24, 2.45) is 0 Å². The number of anilines is 1. The van der Waals surface area contributed by atoms with Crippen molar-refractivity contribution in [2.45, 2.75) is 0 Å². The smallest absolute Gasteiger partial charge is 0.175 e. The number of nitrogens with zero attached hydrogens (tertiary/aromatic N) is 5. The molecule has 3 rings (SSSR count). The fourth-order valence-electron chi connectivity index (χ4n) is 1.71. The zero-order valence-electron chi connectivity index (χ0n) is 9.50. The molecular weight excluding hydrogens is 296 g/mol. The Labute approximate surface area is 111 Å². The molecule has 0 bridgehead atoms. The summed E-state index contributed by atoms with van der Waals surface area (Å²) in [5, 5.41) is 11.2. The number of hydrogen-bond donors (Lipinski definition) is 1. The van der Waals surface area contributed by atoms with Crippen LogP contribution in [0, 0.1) is 0 Å². The highest BCUT2D eigenvalue weighted by atomic mass is 79.9. The van der Waals surface area contributed by atoms with Gasteiger partial charge in [0.05, 0.1) is 5.52 Å². The van der Waals surface area contributed by atoms with Gasteiger partial charge >= 0.3 is 0 Å². The van der Waals surface area contributed by atoms with E-state index in [1.807, 2.05) is 24.3 Å². The van der Waals surface area contributed by atoms with Crippen LogP contribution in [-0.2, 0) is 0 Å². The summed E-state index contributed by atoms with van der Waals surface area (Å²) in [5.41, 5.74) is 1.73. The Hall–Kier alpha value is -2.02. The summed E-state index contributed by atoms with van der Waals surface area (Å²) in [6.07, 6.45) is 1.49. The Morgan fingerprint density at radius 3 is 2.89 bits per heavy atom. The third kappa shape index (κ3) is 1.63. The molecule has 0 radical (unpaired) electrons. The second-order valence-electron chi connectivity index (χ2n) is 3.60. The first-order valence-electron chi connectivity index (χ1n) is 5.30. The normalized spacial score (nSPS) is 10.8. The SMILES string of the molecule is CNc1ncnc(-n2nnc3ccccc32)c1Br. The molecule has 2 aromatic heterocycles. The lowest BCUT2D eigenvalue weighted by Crippen LogP contribution is -2.04. The highest BCUT2D eigenvalue weighted by Crippen LogP contribution is 2.26. The van der Waals surface area contributed by atoms with Crippen LogP contribution in [-0.4, -0.2) is 32.0 Å². The molecule has 0 saturated carbocycles. The van der Waals surface area contributed by atoms with Gasteiger partial charge < -0.3 is 5.32 Å². The highest BCUT2D eigenvalue weighted by Gasteiger charge is 2.13. The maximum atomic E-state index is 4.24. The van der Waals surface area contributed by atoms with E-state index in [0.717, 1.165) is 15.5 Å². The van der Waals surface area contributed by atoms with Gasteiger partial charge in [-0.05, 0) is 28.1 Å². The predicted octanol–water partition coefficient (Wildman–Crippen LogP) is 2.01. The number of aromatic nitrogens is 5. The topological polar surface area (TPSA) is 68.5 Å². The molecule has 90 valence electrons. The molecule has 2 heterocycles. The van der Waals surface area contributed by atoms with E-state index in [4.69, 9.17) is 0 Å². The molecule has 0 aliphatic heterocycles. The average molecular weight is 305 g/mol. The lowest BCUT2D eigenvalue weighted by atomic mass is 10.3. The molecule has 0 amide bonds. The average Bonchev–Trinajstić information content (AvgIpc) is 2.83. The first-order valence-corrected chi connectivity index (χ1v) is 6.09. The third-order valence-electron chi connectivity index (χ3n) is 2.56. The Bertz CT molecular complexity index is 708. The fourth-order valence-corrected chi connectivity index (χ4v) is 2.28. The maximum Gasteiger partial charge on any atom is 0.175 e. The van der Waals surface area contributed by atoms with Gasteiger partial charge in [0.1, 0.15) is 22.1 Å². The van der Waals surface area contributed by atoms with Crippen molar-refractivity contribution in [3.63, 3.8) is 0 Å². The number of benzene rings is 1. The van der Waals surface area contributed by atoms with Crippen LogP contribution >= 0.6 is 15.9 Å². The second kappa shape index (κ2) is 4.34. The maximum absolute atomic E-state index is 4.24. The van der Waals surface area contributed by atoms with Crippen LogP contribution < -0.4 is 5.32 Å². The summed E-state index contributed by atoms with van der Waals surface area (Å²) >= 11 is 3.47. The summed E-state index contributed by atoms with van der Waals surface area (Å²) in [6.45, 7) is 0. The molecule has 3 aromatic rings. The monoisotopic (exact) mass is 304 g/mol. The van der Waals surface area contributed by atoms with Gasteiger partial charge in [-0.25, -0.2) is 9.97 Å². The molecule has 0 atom stereocenters.